The summed E-state index contributed by atoms with van der Waals surface area (Å²) in [6, 6.07) is 5.94. The molecule has 0 spiro atoms. The van der Waals surface area contributed by atoms with E-state index in [9.17, 15) is 4.79 Å². The summed E-state index contributed by atoms with van der Waals surface area (Å²) in [6.45, 7) is 3.66. The van der Waals surface area contributed by atoms with Gasteiger partial charge in [0.1, 0.15) is 0 Å². The van der Waals surface area contributed by atoms with Crippen molar-refractivity contribution in [1.82, 2.24) is 9.88 Å². The first kappa shape index (κ1) is 11.9. The van der Waals surface area contributed by atoms with Gasteiger partial charge in [0, 0.05) is 25.5 Å². The van der Waals surface area contributed by atoms with Crippen LogP contribution in [0, 0.1) is 6.92 Å². The second-order valence-electron chi connectivity index (χ2n) is 4.02. The fourth-order valence-electron chi connectivity index (χ4n) is 1.62. The first-order valence-electron chi connectivity index (χ1n) is 5.70. The number of carbonyl (C=O) groups is 1. The highest BCUT2D eigenvalue weighted by molar-refractivity contribution is 7.12. The third kappa shape index (κ3) is 3.46. The summed E-state index contributed by atoms with van der Waals surface area (Å²) >= 11 is 1.50. The Hall–Kier alpha value is -1.55. The Bertz CT molecular complexity index is 473. The molecule has 0 saturated carbocycles. The smallest absolute Gasteiger partial charge is 0.261 e. The van der Waals surface area contributed by atoms with Crippen LogP contribution in [-0.2, 0) is 6.54 Å². The molecule has 0 aliphatic carbocycles. The first-order valence-corrected chi connectivity index (χ1v) is 6.58. The summed E-state index contributed by atoms with van der Waals surface area (Å²) in [5, 5.41) is 4.93. The lowest BCUT2D eigenvalue weighted by atomic mass is 10.3. The van der Waals surface area contributed by atoms with Gasteiger partial charge in [0.15, 0.2) is 0 Å². The van der Waals surface area contributed by atoms with Crippen molar-refractivity contribution in [2.45, 2.75) is 19.9 Å². The highest BCUT2D eigenvalue weighted by Gasteiger charge is 2.06. The Morgan fingerprint density at radius 3 is 2.82 bits per heavy atom. The molecular weight excluding hydrogens is 232 g/mol. The lowest BCUT2D eigenvalue weighted by Crippen LogP contribution is -2.24. The molecule has 0 saturated heterocycles. The fourth-order valence-corrected chi connectivity index (χ4v) is 2.43. The number of carbonyl (C=O) groups excluding carboxylic acids is 1. The second kappa shape index (κ2) is 5.68. The number of aryl methyl sites for hydroxylation is 2. The standard InChI is InChI=1S/C13H16N2OS/c1-11-9-12(17-10-11)13(16)14-5-4-8-15-6-2-3-7-15/h2-3,6-7,9-10H,4-5,8H2,1H3,(H,14,16). The van der Waals surface area contributed by atoms with Gasteiger partial charge < -0.3 is 9.88 Å². The minimum atomic E-state index is 0.0376. The molecule has 0 radical (unpaired) electrons. The molecule has 2 aromatic rings. The number of rotatable bonds is 5. The average Bonchev–Trinajstić information content (AvgIpc) is 2.95. The molecule has 3 nitrogen and oxygen atoms in total. The molecule has 90 valence electrons. The minimum absolute atomic E-state index is 0.0376. The molecule has 0 atom stereocenters. The maximum atomic E-state index is 11.7. The van der Waals surface area contributed by atoms with E-state index in [2.05, 4.69) is 9.88 Å². The van der Waals surface area contributed by atoms with E-state index in [1.807, 2.05) is 42.9 Å². The van der Waals surface area contributed by atoms with Gasteiger partial charge in [0.05, 0.1) is 4.88 Å². The van der Waals surface area contributed by atoms with Crippen molar-refractivity contribution in [2.75, 3.05) is 6.54 Å². The highest BCUT2D eigenvalue weighted by Crippen LogP contribution is 2.12. The van der Waals surface area contributed by atoms with Crippen LogP contribution in [-0.4, -0.2) is 17.0 Å². The van der Waals surface area contributed by atoms with Gasteiger partial charge in [-0.3, -0.25) is 4.79 Å². The van der Waals surface area contributed by atoms with Crippen LogP contribution >= 0.6 is 11.3 Å². The largest absolute Gasteiger partial charge is 0.354 e. The number of aromatic nitrogens is 1. The van der Waals surface area contributed by atoms with Crippen molar-refractivity contribution >= 4 is 17.2 Å². The van der Waals surface area contributed by atoms with E-state index in [0.29, 0.717) is 6.54 Å². The molecule has 2 heterocycles. The molecule has 0 bridgehead atoms. The van der Waals surface area contributed by atoms with Crippen LogP contribution in [0.4, 0.5) is 0 Å². The Balaban J connectivity index is 1.70. The summed E-state index contributed by atoms with van der Waals surface area (Å²) in [7, 11) is 0. The number of amides is 1. The molecule has 1 amide bonds. The minimum Gasteiger partial charge on any atom is -0.354 e. The molecule has 0 unspecified atom stereocenters. The zero-order valence-electron chi connectivity index (χ0n) is 9.85. The molecule has 2 rings (SSSR count). The molecule has 0 aliphatic heterocycles. The van der Waals surface area contributed by atoms with Crippen molar-refractivity contribution in [3.63, 3.8) is 0 Å². The highest BCUT2D eigenvalue weighted by atomic mass is 32.1. The summed E-state index contributed by atoms with van der Waals surface area (Å²) in [6.07, 6.45) is 5.01. The van der Waals surface area contributed by atoms with Gasteiger partial charge in [-0.05, 0) is 42.5 Å². The Morgan fingerprint density at radius 1 is 1.41 bits per heavy atom. The molecule has 0 fully saturated rings. The maximum Gasteiger partial charge on any atom is 0.261 e. The monoisotopic (exact) mass is 248 g/mol. The number of thiophene rings is 1. The zero-order valence-corrected chi connectivity index (χ0v) is 10.7. The number of nitrogens with one attached hydrogen (secondary N) is 1. The van der Waals surface area contributed by atoms with Gasteiger partial charge in [0.25, 0.3) is 5.91 Å². The van der Waals surface area contributed by atoms with Crippen LogP contribution < -0.4 is 5.32 Å². The van der Waals surface area contributed by atoms with E-state index in [1.54, 1.807) is 0 Å². The number of nitrogens with zero attached hydrogens (tertiary/aromatic N) is 1. The number of hydrogen-bond donors (Lipinski definition) is 1. The van der Waals surface area contributed by atoms with Gasteiger partial charge in [-0.15, -0.1) is 11.3 Å². The van der Waals surface area contributed by atoms with Crippen molar-refractivity contribution < 1.29 is 4.79 Å². The summed E-state index contributed by atoms with van der Waals surface area (Å²) < 4.78 is 2.11. The van der Waals surface area contributed by atoms with Crippen molar-refractivity contribution in [3.05, 3.63) is 46.4 Å². The van der Waals surface area contributed by atoms with E-state index in [0.717, 1.165) is 23.4 Å². The van der Waals surface area contributed by atoms with Crippen molar-refractivity contribution in [3.8, 4) is 0 Å². The quantitative estimate of drug-likeness (QED) is 0.811. The van der Waals surface area contributed by atoms with Crippen LogP contribution in [0.3, 0.4) is 0 Å². The maximum absolute atomic E-state index is 11.7. The van der Waals surface area contributed by atoms with Crippen molar-refractivity contribution in [1.29, 1.82) is 0 Å². The average molecular weight is 248 g/mol. The molecular formula is C13H16N2OS. The third-order valence-electron chi connectivity index (χ3n) is 2.50. The summed E-state index contributed by atoms with van der Waals surface area (Å²) in [5.74, 6) is 0.0376. The van der Waals surface area contributed by atoms with E-state index >= 15 is 0 Å². The second-order valence-corrected chi connectivity index (χ2v) is 4.93. The molecule has 4 heteroatoms. The summed E-state index contributed by atoms with van der Waals surface area (Å²) in [5.41, 5.74) is 1.15. The SMILES string of the molecule is Cc1csc(C(=O)NCCCn2cccc2)c1. The predicted octanol–water partition coefficient (Wildman–Crippen LogP) is 2.68. The van der Waals surface area contributed by atoms with Gasteiger partial charge in [-0.2, -0.15) is 0 Å². The van der Waals surface area contributed by atoms with Gasteiger partial charge in [-0.1, -0.05) is 0 Å². The number of hydrogen-bond acceptors (Lipinski definition) is 2. The Morgan fingerprint density at radius 2 is 2.18 bits per heavy atom. The molecule has 1 N–H and O–H groups in total. The van der Waals surface area contributed by atoms with Crippen LogP contribution in [0.25, 0.3) is 0 Å². The van der Waals surface area contributed by atoms with E-state index in [4.69, 9.17) is 0 Å². The lowest BCUT2D eigenvalue weighted by Gasteiger charge is -2.04. The lowest BCUT2D eigenvalue weighted by molar-refractivity contribution is 0.0956. The Kier molecular flexibility index (Phi) is 3.98. The molecule has 17 heavy (non-hydrogen) atoms. The van der Waals surface area contributed by atoms with Gasteiger partial charge in [-0.25, -0.2) is 0 Å². The van der Waals surface area contributed by atoms with Gasteiger partial charge in [0.2, 0.25) is 0 Å². The third-order valence-corrected chi connectivity index (χ3v) is 3.55. The van der Waals surface area contributed by atoms with Gasteiger partial charge >= 0.3 is 0 Å². The van der Waals surface area contributed by atoms with Crippen molar-refractivity contribution in [2.24, 2.45) is 0 Å². The van der Waals surface area contributed by atoms with E-state index in [-0.39, 0.29) is 5.91 Å². The summed E-state index contributed by atoms with van der Waals surface area (Å²) in [4.78, 5) is 12.5. The Labute approximate surface area is 105 Å². The van der Waals surface area contributed by atoms with Crippen LogP contribution in [0.1, 0.15) is 21.7 Å². The van der Waals surface area contributed by atoms with Crippen LogP contribution in [0.15, 0.2) is 36.0 Å². The normalized spacial score (nSPS) is 10.4. The van der Waals surface area contributed by atoms with Crippen LogP contribution in [0.2, 0.25) is 0 Å². The first-order chi connectivity index (χ1) is 8.25. The zero-order chi connectivity index (χ0) is 12.1. The fraction of sp³-hybridized carbons (Fsp3) is 0.308. The van der Waals surface area contributed by atoms with E-state index < -0.39 is 0 Å². The molecule has 0 aliphatic rings. The van der Waals surface area contributed by atoms with Crippen LogP contribution in [0.5, 0.6) is 0 Å². The molecule has 0 aromatic carbocycles. The predicted molar refractivity (Wildman–Crippen MR) is 70.4 cm³/mol. The van der Waals surface area contributed by atoms with E-state index in [1.165, 1.54) is 11.3 Å². The molecule has 2 aromatic heterocycles. The topological polar surface area (TPSA) is 34.0 Å².